The number of carbonyl (C=O) groups is 1. The van der Waals surface area contributed by atoms with E-state index in [-0.39, 0.29) is 25.1 Å². The first-order valence-corrected chi connectivity index (χ1v) is 10.2. The van der Waals surface area contributed by atoms with Gasteiger partial charge in [-0.05, 0) is 60.2 Å². The Morgan fingerprint density at radius 2 is 1.89 bits per heavy atom. The molecule has 6 nitrogen and oxygen atoms in total. The molecule has 7 heteroatoms. The van der Waals surface area contributed by atoms with E-state index in [1.54, 1.807) is 4.90 Å². The van der Waals surface area contributed by atoms with Crippen molar-refractivity contribution in [1.82, 2.24) is 15.0 Å². The van der Waals surface area contributed by atoms with Gasteiger partial charge in [0.1, 0.15) is 12.3 Å². The van der Waals surface area contributed by atoms with Crippen LogP contribution in [-0.4, -0.2) is 33.6 Å². The maximum absolute atomic E-state index is 12.8. The first-order chi connectivity index (χ1) is 13.6. The van der Waals surface area contributed by atoms with Gasteiger partial charge in [0.2, 0.25) is 11.7 Å². The number of hydrogen-bond donors (Lipinski definition) is 0. The molecule has 1 heterocycles. The van der Waals surface area contributed by atoms with Crippen LogP contribution < -0.4 is 4.74 Å². The summed E-state index contributed by atoms with van der Waals surface area (Å²) >= 11 is 2.23. The highest BCUT2D eigenvalue weighted by Gasteiger charge is 2.22. The Labute approximate surface area is 178 Å². The lowest BCUT2D eigenvalue weighted by Gasteiger charge is -2.27. The first kappa shape index (κ1) is 20.3. The summed E-state index contributed by atoms with van der Waals surface area (Å²) in [6, 6.07) is 17.2. The van der Waals surface area contributed by atoms with E-state index in [2.05, 4.69) is 32.7 Å². The number of amides is 1. The Morgan fingerprint density at radius 1 is 1.18 bits per heavy atom. The Hall–Kier alpha value is -2.42. The van der Waals surface area contributed by atoms with Gasteiger partial charge in [0.05, 0.1) is 0 Å². The third kappa shape index (κ3) is 5.31. The molecule has 28 heavy (non-hydrogen) atoms. The second kappa shape index (κ2) is 9.68. The molecule has 0 saturated heterocycles. The van der Waals surface area contributed by atoms with E-state index in [4.69, 9.17) is 9.26 Å². The normalized spacial score (nSPS) is 11.8. The molecule has 0 fully saturated rings. The van der Waals surface area contributed by atoms with Crippen molar-refractivity contribution < 1.29 is 14.1 Å². The Balaban J connectivity index is 1.67. The van der Waals surface area contributed by atoms with Crippen molar-refractivity contribution in [3.05, 3.63) is 64.1 Å². The Kier molecular flexibility index (Phi) is 7.02. The molecule has 0 unspecified atom stereocenters. The molecular weight excluding hydrogens is 469 g/mol. The average Bonchev–Trinajstić information content (AvgIpc) is 3.20. The minimum Gasteiger partial charge on any atom is -0.484 e. The summed E-state index contributed by atoms with van der Waals surface area (Å²) in [6.45, 7) is 4.25. The number of nitrogens with zero attached hydrogens (tertiary/aromatic N) is 3. The zero-order valence-corrected chi connectivity index (χ0v) is 18.0. The van der Waals surface area contributed by atoms with Crippen LogP contribution in [-0.2, 0) is 11.3 Å². The zero-order chi connectivity index (χ0) is 19.9. The fraction of sp³-hybridized carbons (Fsp3) is 0.286. The maximum atomic E-state index is 12.8. The molecule has 3 aromatic rings. The molecule has 0 N–H and O–H groups in total. The Bertz CT molecular complexity index is 897. The topological polar surface area (TPSA) is 68.5 Å². The van der Waals surface area contributed by atoms with Gasteiger partial charge in [-0.3, -0.25) is 4.79 Å². The minimum atomic E-state index is -0.118. The summed E-state index contributed by atoms with van der Waals surface area (Å²) in [5.41, 5.74) is 0.876. The first-order valence-electron chi connectivity index (χ1n) is 9.12. The SMILES string of the molecule is CC[C@H](C)N(Cc1nc(-c2ccccc2)no1)C(=O)COc1ccc(I)cc1. The fourth-order valence-corrected chi connectivity index (χ4v) is 3.00. The summed E-state index contributed by atoms with van der Waals surface area (Å²) in [4.78, 5) is 18.9. The van der Waals surface area contributed by atoms with Gasteiger partial charge in [-0.25, -0.2) is 0 Å². The van der Waals surface area contributed by atoms with Crippen LogP contribution in [0.3, 0.4) is 0 Å². The largest absolute Gasteiger partial charge is 0.484 e. The number of benzene rings is 2. The van der Waals surface area contributed by atoms with Crippen LogP contribution in [0.5, 0.6) is 5.75 Å². The van der Waals surface area contributed by atoms with Crippen LogP contribution in [0.25, 0.3) is 11.4 Å². The van der Waals surface area contributed by atoms with Crippen molar-refractivity contribution in [2.24, 2.45) is 0 Å². The van der Waals surface area contributed by atoms with Crippen LogP contribution in [0.1, 0.15) is 26.2 Å². The summed E-state index contributed by atoms with van der Waals surface area (Å²) in [5.74, 6) is 1.47. The van der Waals surface area contributed by atoms with Crippen LogP contribution in [0, 0.1) is 3.57 Å². The van der Waals surface area contributed by atoms with Gasteiger partial charge in [0.15, 0.2) is 6.61 Å². The van der Waals surface area contributed by atoms with Crippen molar-refractivity contribution in [2.45, 2.75) is 32.9 Å². The monoisotopic (exact) mass is 491 g/mol. The van der Waals surface area contributed by atoms with Crippen LogP contribution in [0.2, 0.25) is 0 Å². The highest BCUT2D eigenvalue weighted by molar-refractivity contribution is 14.1. The lowest BCUT2D eigenvalue weighted by atomic mass is 10.2. The van der Waals surface area contributed by atoms with Gasteiger partial charge in [-0.2, -0.15) is 4.98 Å². The average molecular weight is 491 g/mol. The molecule has 0 aliphatic heterocycles. The number of carbonyl (C=O) groups excluding carboxylic acids is 1. The van der Waals surface area contributed by atoms with Gasteiger partial charge < -0.3 is 14.2 Å². The molecule has 1 aromatic heterocycles. The van der Waals surface area contributed by atoms with E-state index < -0.39 is 0 Å². The minimum absolute atomic E-state index is 0.0277. The molecule has 0 radical (unpaired) electrons. The smallest absolute Gasteiger partial charge is 0.261 e. The second-order valence-electron chi connectivity index (χ2n) is 6.40. The summed E-state index contributed by atoms with van der Waals surface area (Å²) in [6.07, 6.45) is 0.814. The third-order valence-electron chi connectivity index (χ3n) is 4.42. The maximum Gasteiger partial charge on any atom is 0.261 e. The number of ether oxygens (including phenoxy) is 1. The summed E-state index contributed by atoms with van der Waals surface area (Å²) in [5, 5.41) is 4.03. The van der Waals surface area contributed by atoms with E-state index >= 15 is 0 Å². The van der Waals surface area contributed by atoms with Crippen molar-refractivity contribution in [3.8, 4) is 17.1 Å². The molecule has 146 valence electrons. The lowest BCUT2D eigenvalue weighted by molar-refractivity contribution is -0.136. The molecule has 1 amide bonds. The van der Waals surface area contributed by atoms with Crippen molar-refractivity contribution in [1.29, 1.82) is 0 Å². The molecule has 0 spiro atoms. The van der Waals surface area contributed by atoms with Gasteiger partial charge >= 0.3 is 0 Å². The fourth-order valence-electron chi connectivity index (χ4n) is 2.64. The lowest BCUT2D eigenvalue weighted by Crippen LogP contribution is -2.40. The Morgan fingerprint density at radius 3 is 2.57 bits per heavy atom. The predicted molar refractivity (Wildman–Crippen MR) is 115 cm³/mol. The molecule has 0 bridgehead atoms. The van der Waals surface area contributed by atoms with Crippen LogP contribution in [0.15, 0.2) is 59.1 Å². The number of rotatable bonds is 8. The van der Waals surface area contributed by atoms with Gasteiger partial charge in [-0.15, -0.1) is 0 Å². The van der Waals surface area contributed by atoms with Crippen molar-refractivity contribution >= 4 is 28.5 Å². The van der Waals surface area contributed by atoms with E-state index in [0.29, 0.717) is 17.5 Å². The third-order valence-corrected chi connectivity index (χ3v) is 5.14. The number of aromatic nitrogens is 2. The quantitative estimate of drug-likeness (QED) is 0.433. The van der Waals surface area contributed by atoms with E-state index in [9.17, 15) is 4.79 Å². The highest BCUT2D eigenvalue weighted by Crippen LogP contribution is 2.18. The molecule has 3 rings (SSSR count). The van der Waals surface area contributed by atoms with Crippen molar-refractivity contribution in [2.75, 3.05) is 6.61 Å². The zero-order valence-electron chi connectivity index (χ0n) is 15.8. The van der Waals surface area contributed by atoms with Crippen LogP contribution >= 0.6 is 22.6 Å². The van der Waals surface area contributed by atoms with Crippen molar-refractivity contribution in [3.63, 3.8) is 0 Å². The molecule has 2 aromatic carbocycles. The molecule has 0 saturated carbocycles. The summed E-state index contributed by atoms with van der Waals surface area (Å²) < 4.78 is 12.1. The molecule has 1 atom stereocenters. The van der Waals surface area contributed by atoms with Gasteiger partial charge in [0, 0.05) is 15.2 Å². The summed E-state index contributed by atoms with van der Waals surface area (Å²) in [7, 11) is 0. The molecular formula is C21H22IN3O3. The number of hydrogen-bond acceptors (Lipinski definition) is 5. The van der Waals surface area contributed by atoms with Gasteiger partial charge in [-0.1, -0.05) is 42.4 Å². The molecule has 0 aliphatic carbocycles. The highest BCUT2D eigenvalue weighted by atomic mass is 127. The predicted octanol–water partition coefficient (Wildman–Crippen LogP) is 4.55. The standard InChI is InChI=1S/C21H22IN3O3/c1-3-15(2)25(20(26)14-27-18-11-9-17(22)10-12-18)13-19-23-21(24-28-19)16-7-5-4-6-8-16/h4-12,15H,3,13-14H2,1-2H3/t15-/m0/s1. The van der Waals surface area contributed by atoms with Crippen LogP contribution in [0.4, 0.5) is 0 Å². The number of halogens is 1. The van der Waals surface area contributed by atoms with E-state index in [0.717, 1.165) is 15.6 Å². The van der Waals surface area contributed by atoms with Gasteiger partial charge in [0.25, 0.3) is 5.91 Å². The van der Waals surface area contributed by atoms with E-state index in [1.807, 2.05) is 68.4 Å². The second-order valence-corrected chi connectivity index (χ2v) is 7.64. The molecule has 0 aliphatic rings. The van der Waals surface area contributed by atoms with E-state index in [1.165, 1.54) is 0 Å².